The first-order valence-electron chi connectivity index (χ1n) is 33.0. The summed E-state index contributed by atoms with van der Waals surface area (Å²) >= 11 is 0. The zero-order valence-electron chi connectivity index (χ0n) is 54.4. The van der Waals surface area contributed by atoms with Crippen LogP contribution in [-0.4, -0.2) is 205 Å². The zero-order valence-corrected chi connectivity index (χ0v) is 54.4. The molecule has 96 heavy (non-hydrogen) atoms. The molecule has 20 bridgehead atoms. The van der Waals surface area contributed by atoms with Gasteiger partial charge in [-0.15, -0.1) is 0 Å². The maximum Gasteiger partial charge on any atom is 0.119 e. The van der Waals surface area contributed by atoms with E-state index in [0.29, 0.717) is 208 Å². The number of ether oxygens (including phenoxy) is 16. The van der Waals surface area contributed by atoms with E-state index in [-0.39, 0.29) is 0 Å². The molecule has 0 radical (unpaired) electrons. The molecule has 0 aliphatic carbocycles. The largest absolute Gasteiger partial charge is 0.491 e. The van der Waals surface area contributed by atoms with Gasteiger partial charge in [0.15, 0.2) is 0 Å². The average molecular weight is 1310 g/mol. The second-order valence-electron chi connectivity index (χ2n) is 22.1. The fourth-order valence-corrected chi connectivity index (χ4v) is 10.8. The Morgan fingerprint density at radius 1 is 0.208 bits per heavy atom. The number of rotatable bonds is 0. The first-order valence-corrected chi connectivity index (χ1v) is 33.0. The van der Waals surface area contributed by atoms with E-state index in [1.165, 1.54) is 0 Å². The molecular formula is C76H86N4O16. The topological polar surface area (TPSA) is 205 Å². The smallest absolute Gasteiger partial charge is 0.119 e. The normalized spacial score (nSPS) is 17.8. The lowest BCUT2D eigenvalue weighted by Gasteiger charge is -2.10. The molecule has 8 aliphatic rings. The number of hydrogen-bond acceptors (Lipinski definition) is 18. The molecule has 0 unspecified atom stereocenters. The van der Waals surface area contributed by atoms with Crippen molar-refractivity contribution >= 4 is 46.4 Å². The van der Waals surface area contributed by atoms with Crippen molar-refractivity contribution in [3.63, 3.8) is 0 Å². The van der Waals surface area contributed by atoms with E-state index in [2.05, 4.69) is 107 Å². The summed E-state index contributed by atoms with van der Waals surface area (Å²) in [5.74, 6) is 2.83. The van der Waals surface area contributed by atoms with Gasteiger partial charge in [0.25, 0.3) is 0 Å². The van der Waals surface area contributed by atoms with Crippen LogP contribution in [0.15, 0.2) is 146 Å². The molecule has 2 N–H and O–H groups in total. The maximum absolute atomic E-state index is 6.21. The average Bonchev–Trinajstić information content (AvgIpc) is 1.63. The Labute approximate surface area is 560 Å². The number of aromatic amines is 2. The van der Waals surface area contributed by atoms with Gasteiger partial charge in [0, 0.05) is 44.3 Å². The highest BCUT2D eigenvalue weighted by Gasteiger charge is 2.20. The van der Waals surface area contributed by atoms with Gasteiger partial charge in [0.05, 0.1) is 181 Å². The van der Waals surface area contributed by atoms with Gasteiger partial charge in [-0.2, -0.15) is 0 Å². The van der Waals surface area contributed by atoms with Crippen LogP contribution in [0.5, 0.6) is 23.0 Å². The summed E-state index contributed by atoms with van der Waals surface area (Å²) in [6.07, 6.45) is 16.1. The maximum atomic E-state index is 6.21. The summed E-state index contributed by atoms with van der Waals surface area (Å²) in [6.45, 7) is 12.3. The second kappa shape index (κ2) is 39.0. The van der Waals surface area contributed by atoms with Crippen LogP contribution in [0.4, 0.5) is 0 Å². The lowest BCUT2D eigenvalue weighted by Crippen LogP contribution is -2.13. The minimum Gasteiger partial charge on any atom is -0.491 e. The van der Waals surface area contributed by atoms with Gasteiger partial charge in [0.2, 0.25) is 0 Å². The van der Waals surface area contributed by atoms with Crippen molar-refractivity contribution in [2.75, 3.05) is 185 Å². The van der Waals surface area contributed by atoms with Gasteiger partial charge in [-0.3, -0.25) is 0 Å². The molecule has 0 atom stereocenters. The van der Waals surface area contributed by atoms with Crippen molar-refractivity contribution in [2.45, 2.75) is 0 Å². The molecular weight excluding hydrogens is 1220 g/mol. The lowest BCUT2D eigenvalue weighted by molar-refractivity contribution is 0.0123. The molecule has 0 amide bonds. The molecule has 20 heteroatoms. The quantitative estimate of drug-likeness (QED) is 0.135. The van der Waals surface area contributed by atoms with Gasteiger partial charge in [-0.1, -0.05) is 72.8 Å². The standard InChI is InChI=1S/C76H86N4O16/c1-2-30-82-34-38-86-42-46-90-50-54-94-62-15-7-58(8-16-62)74-66-22-21-65(77-66)73(57-5-13-61(14-6-57)93-53-49-89-45-41-85-37-33-81-29-1)69-25-26-71(79-69)75-59-9-17-63(18-10-59)95-55-51-91-47-43-87-39-35-83-31-3-4-32-84-36-40-88-44-48-92-52-56-96-64-19-11-60(12-20-64)76(68-24-23-67(75)78-68)72-28-27-70(74)80-72/h1-28,79-80H,29-56H2. The van der Waals surface area contributed by atoms with Crippen LogP contribution >= 0.6 is 0 Å². The highest BCUT2D eigenvalue weighted by molar-refractivity contribution is 6.00. The molecule has 7 aromatic rings. The van der Waals surface area contributed by atoms with Crippen molar-refractivity contribution < 1.29 is 75.8 Å². The van der Waals surface area contributed by atoms with E-state index in [1.807, 2.05) is 72.8 Å². The molecule has 0 saturated heterocycles. The predicted molar refractivity (Wildman–Crippen MR) is 371 cm³/mol. The predicted octanol–water partition coefficient (Wildman–Crippen LogP) is 12.2. The molecule has 4 aromatic carbocycles. The van der Waals surface area contributed by atoms with Gasteiger partial charge in [-0.05, 0) is 119 Å². The van der Waals surface area contributed by atoms with Crippen LogP contribution in [0, 0.1) is 0 Å². The summed E-state index contributed by atoms with van der Waals surface area (Å²) in [5, 5.41) is 0. The van der Waals surface area contributed by atoms with Gasteiger partial charge in [0.1, 0.15) is 49.4 Å². The van der Waals surface area contributed by atoms with Crippen LogP contribution in [0.25, 0.3) is 90.9 Å². The molecule has 15 rings (SSSR count). The molecule has 506 valence electrons. The van der Waals surface area contributed by atoms with Crippen LogP contribution in [0.1, 0.15) is 22.8 Å². The fraction of sp³-hybridized carbons (Fsp3) is 0.368. The zero-order chi connectivity index (χ0) is 65.3. The monoisotopic (exact) mass is 1310 g/mol. The minimum absolute atomic E-state index is 0.366. The van der Waals surface area contributed by atoms with Crippen LogP contribution in [0.2, 0.25) is 0 Å². The van der Waals surface area contributed by atoms with E-state index in [1.54, 1.807) is 0 Å². The van der Waals surface area contributed by atoms with E-state index in [9.17, 15) is 0 Å². The molecule has 0 fully saturated rings. The summed E-state index contributed by atoms with van der Waals surface area (Å²) in [6, 6.07) is 40.9. The van der Waals surface area contributed by atoms with E-state index >= 15 is 0 Å². The van der Waals surface area contributed by atoms with Crippen LogP contribution in [-0.2, 0) is 56.8 Å². The van der Waals surface area contributed by atoms with E-state index < -0.39 is 0 Å². The second-order valence-corrected chi connectivity index (χ2v) is 22.1. The van der Waals surface area contributed by atoms with Crippen LogP contribution < -0.4 is 18.9 Å². The molecule has 0 spiro atoms. The fourth-order valence-electron chi connectivity index (χ4n) is 10.8. The number of hydrogen-bond donors (Lipinski definition) is 2. The Bertz CT molecular complexity index is 3290. The Balaban J connectivity index is 0.954. The summed E-state index contributed by atoms with van der Waals surface area (Å²) in [5.41, 5.74) is 13.7. The number of H-pyrrole nitrogens is 2. The van der Waals surface area contributed by atoms with E-state index in [0.717, 1.165) is 89.4 Å². The third kappa shape index (κ3) is 21.3. The van der Waals surface area contributed by atoms with Crippen molar-refractivity contribution in [3.05, 3.63) is 168 Å². The summed E-state index contributed by atoms with van der Waals surface area (Å²) in [7, 11) is 0. The van der Waals surface area contributed by atoms with Crippen molar-refractivity contribution in [3.8, 4) is 67.5 Å². The number of fused-ring (bicyclic) bond motifs is 8. The third-order valence-corrected chi connectivity index (χ3v) is 15.5. The Hall–Kier alpha value is -8.32. The highest BCUT2D eigenvalue weighted by Crippen LogP contribution is 2.40. The molecule has 8 aliphatic heterocycles. The van der Waals surface area contributed by atoms with Crippen molar-refractivity contribution in [1.29, 1.82) is 0 Å². The summed E-state index contributed by atoms with van der Waals surface area (Å²) < 4.78 is 93.7. The molecule has 3 aromatic heterocycles. The van der Waals surface area contributed by atoms with Crippen LogP contribution in [0.3, 0.4) is 0 Å². The Morgan fingerprint density at radius 3 is 0.604 bits per heavy atom. The Kier molecular flexibility index (Phi) is 28.1. The van der Waals surface area contributed by atoms with Gasteiger partial charge >= 0.3 is 0 Å². The number of nitrogens with zero attached hydrogens (tertiary/aromatic N) is 2. The number of aromatic nitrogens is 4. The summed E-state index contributed by atoms with van der Waals surface area (Å²) in [4.78, 5) is 18.8. The SMILES string of the molecule is C1=CCOCCOCCOCCOc2ccc(cc2)-c2c3nc(c(c4ccc([nH]4)c4c5nc(c(c6ccc2[nH]6)-c2ccc(cc2)OCCOCCOCCOCC=CCOCCOCCOCCOc2ccc-4cc2)C=C5)-c2ccc(cc2)OCCOCCOCCOC1)C=C3. The third-order valence-electron chi connectivity index (χ3n) is 15.5. The van der Waals surface area contributed by atoms with E-state index in [4.69, 9.17) is 85.8 Å². The number of benzene rings is 4. The molecule has 0 saturated carbocycles. The minimum atomic E-state index is 0.366. The van der Waals surface area contributed by atoms with Crippen molar-refractivity contribution in [1.82, 2.24) is 19.9 Å². The van der Waals surface area contributed by atoms with Gasteiger partial charge in [-0.25, -0.2) is 9.97 Å². The van der Waals surface area contributed by atoms with Crippen molar-refractivity contribution in [2.24, 2.45) is 0 Å². The lowest BCUT2D eigenvalue weighted by atomic mass is 10.0. The first-order chi connectivity index (χ1) is 47.7. The number of nitrogens with one attached hydrogen (secondary N) is 2. The highest BCUT2D eigenvalue weighted by atomic mass is 16.6. The first kappa shape index (κ1) is 69.0. The molecule has 11 heterocycles. The van der Waals surface area contributed by atoms with Gasteiger partial charge < -0.3 is 85.8 Å². The Morgan fingerprint density at radius 2 is 0.396 bits per heavy atom. The molecule has 20 nitrogen and oxygen atoms in total.